The molecular weight excluding hydrogens is 662 g/mol. The van der Waals surface area contributed by atoms with Crippen LogP contribution in [-0.2, 0) is 24.2 Å². The van der Waals surface area contributed by atoms with Gasteiger partial charge in [0.2, 0.25) is 0 Å². The first-order valence-electron chi connectivity index (χ1n) is 15.5. The summed E-state index contributed by atoms with van der Waals surface area (Å²) in [6, 6.07) is 48.4. The van der Waals surface area contributed by atoms with Crippen molar-refractivity contribution in [3.8, 4) is 0 Å². The van der Waals surface area contributed by atoms with E-state index in [0.29, 0.717) is 0 Å². The predicted molar refractivity (Wildman–Crippen MR) is 202 cm³/mol. The summed E-state index contributed by atoms with van der Waals surface area (Å²) in [6.45, 7) is 15.9. The van der Waals surface area contributed by atoms with Gasteiger partial charge in [-0.1, -0.05) is 144 Å². The third-order valence-electron chi connectivity index (χ3n) is 7.73. The summed E-state index contributed by atoms with van der Waals surface area (Å²) >= 11 is -0.181. The molecule has 0 aliphatic carbocycles. The number of aryl methyl sites for hydroxylation is 1. The van der Waals surface area contributed by atoms with Gasteiger partial charge >= 0.3 is 33.5 Å². The van der Waals surface area contributed by atoms with Gasteiger partial charge in [0.15, 0.2) is 13.9 Å². The number of halogens is 2. The number of rotatable bonds is 6. The van der Waals surface area contributed by atoms with Gasteiger partial charge in [-0.05, 0) is 65.3 Å². The Hall–Kier alpha value is -2.89. The van der Waals surface area contributed by atoms with E-state index in [1.807, 2.05) is 0 Å². The van der Waals surface area contributed by atoms with Crippen molar-refractivity contribution in [2.24, 2.45) is 4.99 Å². The van der Waals surface area contributed by atoms with Gasteiger partial charge in [-0.3, -0.25) is 0 Å². The topological polar surface area (TPSA) is 15.6 Å². The van der Waals surface area contributed by atoms with Crippen LogP contribution in [0.3, 0.4) is 0 Å². The van der Waals surface area contributed by atoms with Crippen molar-refractivity contribution in [1.29, 1.82) is 0 Å². The molecule has 5 rings (SSSR count). The monoisotopic (exact) mass is 705 g/mol. The summed E-state index contributed by atoms with van der Waals surface area (Å²) in [7, 11) is 8.06. The molecule has 6 heteroatoms. The molecule has 0 saturated carbocycles. The van der Waals surface area contributed by atoms with E-state index >= 15 is 0 Å². The maximum atomic E-state index is 5.66. The Labute approximate surface area is 292 Å². The zero-order chi connectivity index (χ0) is 33.3. The van der Waals surface area contributed by atoms with Crippen LogP contribution >= 0.6 is 28.2 Å². The van der Waals surface area contributed by atoms with Gasteiger partial charge in [0.25, 0.3) is 0 Å². The maximum absolute atomic E-state index is 5.66. The van der Waals surface area contributed by atoms with Crippen LogP contribution in [0.25, 0.3) is 0 Å². The SMILES string of the molecule is Cc1ccc(C(=Nc2ccccc2C(C)(C)C)N(c2ccccc2C(C)(C)C)[PH+](c2ccccc2)c2ccccc2)cc1.[Cl][Cr][Cl]. The van der Waals surface area contributed by atoms with E-state index in [1.165, 1.54) is 33.0 Å². The third-order valence-corrected chi connectivity index (χ3v) is 10.4. The van der Waals surface area contributed by atoms with E-state index in [1.54, 1.807) is 0 Å². The number of amidine groups is 1. The fourth-order valence-corrected chi connectivity index (χ4v) is 8.22. The first-order valence-corrected chi connectivity index (χ1v) is 20.4. The van der Waals surface area contributed by atoms with E-state index in [4.69, 9.17) is 25.1 Å². The Morgan fingerprint density at radius 1 is 0.587 bits per heavy atom. The molecule has 0 saturated heterocycles. The van der Waals surface area contributed by atoms with Gasteiger partial charge in [-0.15, -0.1) is 0 Å². The molecule has 2 nitrogen and oxygen atoms in total. The first kappa shape index (κ1) is 36.0. The normalized spacial score (nSPS) is 12.0. The van der Waals surface area contributed by atoms with Crippen LogP contribution in [0.2, 0.25) is 0 Å². The van der Waals surface area contributed by atoms with Gasteiger partial charge < -0.3 is 0 Å². The summed E-state index contributed by atoms with van der Waals surface area (Å²) in [6.07, 6.45) is 0. The summed E-state index contributed by atoms with van der Waals surface area (Å²) in [5.74, 6) is 0.968. The summed E-state index contributed by atoms with van der Waals surface area (Å²) in [4.78, 5) is 5.66. The second kappa shape index (κ2) is 16.3. The molecule has 238 valence electrons. The van der Waals surface area contributed by atoms with E-state index in [2.05, 4.69) is 187 Å². The van der Waals surface area contributed by atoms with Crippen molar-refractivity contribution >= 4 is 56.0 Å². The van der Waals surface area contributed by atoms with Gasteiger partial charge in [0.1, 0.15) is 10.6 Å². The Kier molecular flexibility index (Phi) is 12.7. The van der Waals surface area contributed by atoms with Gasteiger partial charge in [-0.25, -0.2) is 4.99 Å². The molecule has 46 heavy (non-hydrogen) atoms. The molecular formula is C40H44Cl2CrN2P+. The zero-order valence-corrected chi connectivity index (χ0v) is 31.5. The van der Waals surface area contributed by atoms with E-state index in [9.17, 15) is 0 Å². The van der Waals surface area contributed by atoms with E-state index in [0.717, 1.165) is 17.1 Å². The summed E-state index contributed by atoms with van der Waals surface area (Å²) < 4.78 is 2.58. The van der Waals surface area contributed by atoms with Crippen molar-refractivity contribution < 1.29 is 13.4 Å². The van der Waals surface area contributed by atoms with Crippen molar-refractivity contribution in [2.75, 3.05) is 4.67 Å². The minimum absolute atomic E-state index is 0.0563. The number of hydrogen-bond acceptors (Lipinski definition) is 1. The Morgan fingerprint density at radius 2 is 1.02 bits per heavy atom. The molecule has 0 aliphatic rings. The molecule has 0 fully saturated rings. The van der Waals surface area contributed by atoms with Crippen molar-refractivity contribution in [2.45, 2.75) is 59.3 Å². The second-order valence-electron chi connectivity index (χ2n) is 13.3. The fraction of sp³-hybridized carbons (Fsp3) is 0.225. The molecule has 0 amide bonds. The minimum atomic E-state index is -1.59. The van der Waals surface area contributed by atoms with Gasteiger partial charge in [0.05, 0.1) is 11.4 Å². The zero-order valence-electron chi connectivity index (χ0n) is 27.8. The number of anilines is 1. The number of nitrogens with zero attached hydrogens (tertiary/aromatic N) is 2. The van der Waals surface area contributed by atoms with Gasteiger partial charge in [-0.2, -0.15) is 4.67 Å². The summed E-state index contributed by atoms with van der Waals surface area (Å²) in [5, 5.41) is 2.62. The number of hydrogen-bond donors (Lipinski definition) is 0. The Morgan fingerprint density at radius 3 is 1.52 bits per heavy atom. The van der Waals surface area contributed by atoms with Crippen LogP contribution in [0.1, 0.15) is 63.8 Å². The molecule has 5 aromatic rings. The van der Waals surface area contributed by atoms with Crippen LogP contribution in [0.5, 0.6) is 0 Å². The van der Waals surface area contributed by atoms with E-state index < -0.39 is 8.07 Å². The molecule has 5 aromatic carbocycles. The van der Waals surface area contributed by atoms with Crippen LogP contribution < -0.4 is 15.3 Å². The average molecular weight is 707 g/mol. The number of aliphatic imine (C=N–C) groups is 1. The molecule has 0 N–H and O–H groups in total. The standard InChI is InChI=1S/C40H43N2P.2ClH.Cr/c1-30-26-28-31(29-27-30)38(41-36-24-16-14-22-34(36)39(2,3)4)42(37-25-17-15-23-35(37)40(5,6)7)43(32-18-10-8-11-19-32)33-20-12-9-13-21-33;;;/h8-29H,1-7H3;2*1H;/q;;;+2/p-1. The van der Waals surface area contributed by atoms with Crippen LogP contribution in [-0.4, -0.2) is 5.84 Å². The second-order valence-corrected chi connectivity index (χ2v) is 17.7. The molecule has 0 spiro atoms. The third kappa shape index (κ3) is 9.13. The number of para-hydroxylation sites is 2. The van der Waals surface area contributed by atoms with Crippen molar-refractivity contribution in [3.63, 3.8) is 0 Å². The molecule has 0 heterocycles. The fourth-order valence-electron chi connectivity index (χ4n) is 5.53. The molecule has 0 unspecified atom stereocenters. The first-order chi connectivity index (χ1) is 22.0. The average Bonchev–Trinajstić information content (AvgIpc) is 3.04. The molecule has 0 radical (unpaired) electrons. The predicted octanol–water partition coefficient (Wildman–Crippen LogP) is 11.3. The van der Waals surface area contributed by atoms with Crippen molar-refractivity contribution in [3.05, 3.63) is 156 Å². The number of benzene rings is 5. The van der Waals surface area contributed by atoms with Crippen LogP contribution in [0, 0.1) is 6.92 Å². The molecule has 0 bridgehead atoms. The van der Waals surface area contributed by atoms with Gasteiger partial charge in [0, 0.05) is 5.56 Å². The quantitative estimate of drug-likeness (QED) is 0.0975. The Bertz CT molecular complexity index is 1670. The van der Waals surface area contributed by atoms with Crippen LogP contribution in [0.15, 0.2) is 138 Å². The summed E-state index contributed by atoms with van der Waals surface area (Å²) in [5.41, 5.74) is 6.94. The van der Waals surface area contributed by atoms with Crippen LogP contribution in [0.4, 0.5) is 11.4 Å². The van der Waals surface area contributed by atoms with E-state index in [-0.39, 0.29) is 24.2 Å². The molecule has 0 aliphatic heterocycles. The van der Waals surface area contributed by atoms with Crippen molar-refractivity contribution in [1.82, 2.24) is 0 Å². The molecule has 0 atom stereocenters. The Balaban J connectivity index is 0.00000154. The molecule has 0 aromatic heterocycles.